The van der Waals surface area contributed by atoms with Crippen molar-refractivity contribution >= 4 is 5.82 Å². The fourth-order valence-corrected chi connectivity index (χ4v) is 4.41. The van der Waals surface area contributed by atoms with Crippen molar-refractivity contribution in [1.82, 2.24) is 15.2 Å². The van der Waals surface area contributed by atoms with E-state index in [1.54, 1.807) is 6.20 Å². The summed E-state index contributed by atoms with van der Waals surface area (Å²) in [7, 11) is 0. The second kappa shape index (κ2) is 9.18. The molecule has 28 heavy (non-hydrogen) atoms. The van der Waals surface area contributed by atoms with E-state index in [9.17, 15) is 0 Å². The van der Waals surface area contributed by atoms with Gasteiger partial charge in [0.2, 0.25) is 0 Å². The Kier molecular flexibility index (Phi) is 6.20. The lowest BCUT2D eigenvalue weighted by Gasteiger charge is -2.33. The van der Waals surface area contributed by atoms with E-state index in [4.69, 9.17) is 5.26 Å². The number of rotatable bonds is 6. The molecule has 0 radical (unpaired) electrons. The molecule has 2 saturated heterocycles. The molecule has 4 rings (SSSR count). The van der Waals surface area contributed by atoms with Crippen LogP contribution in [0, 0.1) is 11.3 Å². The lowest BCUT2D eigenvalue weighted by atomic mass is 9.99. The molecule has 0 aliphatic carbocycles. The van der Waals surface area contributed by atoms with E-state index >= 15 is 0 Å². The minimum absolute atomic E-state index is 0.599. The Hall–Kier alpha value is -2.42. The average Bonchev–Trinajstić information content (AvgIpc) is 3.24. The molecular formula is C23H29N5. The monoisotopic (exact) mass is 375 g/mol. The van der Waals surface area contributed by atoms with Crippen LogP contribution in [0.3, 0.4) is 0 Å². The van der Waals surface area contributed by atoms with Crippen molar-refractivity contribution in [3.63, 3.8) is 0 Å². The molecule has 0 bridgehead atoms. The third-order valence-electron chi connectivity index (χ3n) is 6.10. The quantitative estimate of drug-likeness (QED) is 0.841. The summed E-state index contributed by atoms with van der Waals surface area (Å²) in [5.41, 5.74) is 2.11. The van der Waals surface area contributed by atoms with Crippen LogP contribution in [0.15, 0.2) is 48.7 Å². The van der Waals surface area contributed by atoms with Crippen LogP contribution in [0.5, 0.6) is 0 Å². The van der Waals surface area contributed by atoms with Gasteiger partial charge in [0.05, 0.1) is 5.56 Å². The van der Waals surface area contributed by atoms with Crippen LogP contribution in [0.1, 0.15) is 36.3 Å². The summed E-state index contributed by atoms with van der Waals surface area (Å²) >= 11 is 0. The first-order chi connectivity index (χ1) is 13.8. The highest BCUT2D eigenvalue weighted by atomic mass is 15.2. The number of pyridine rings is 1. The molecule has 5 nitrogen and oxygen atoms in total. The van der Waals surface area contributed by atoms with Gasteiger partial charge in [0.1, 0.15) is 11.9 Å². The number of anilines is 1. The molecule has 1 aromatic carbocycles. The average molecular weight is 376 g/mol. The van der Waals surface area contributed by atoms with Crippen molar-refractivity contribution < 1.29 is 0 Å². The van der Waals surface area contributed by atoms with Gasteiger partial charge in [-0.05, 0) is 49.4 Å². The zero-order chi connectivity index (χ0) is 19.2. The molecule has 2 aliphatic heterocycles. The molecule has 1 aromatic heterocycles. The van der Waals surface area contributed by atoms with Gasteiger partial charge in [0.25, 0.3) is 0 Å². The summed E-state index contributed by atoms with van der Waals surface area (Å²) in [6.07, 6.45) is 5.24. The maximum Gasteiger partial charge on any atom is 0.128 e. The third kappa shape index (κ3) is 4.70. The van der Waals surface area contributed by atoms with E-state index < -0.39 is 0 Å². The number of nitrogens with one attached hydrogen (secondary N) is 1. The maximum atomic E-state index is 8.89. The maximum absolute atomic E-state index is 8.89. The van der Waals surface area contributed by atoms with Crippen LogP contribution in [0.4, 0.5) is 5.82 Å². The van der Waals surface area contributed by atoms with E-state index in [0.717, 1.165) is 44.8 Å². The van der Waals surface area contributed by atoms with E-state index in [-0.39, 0.29) is 0 Å². The Morgan fingerprint density at radius 2 is 1.86 bits per heavy atom. The zero-order valence-electron chi connectivity index (χ0n) is 16.4. The number of nitrogens with zero attached hydrogens (tertiary/aromatic N) is 4. The van der Waals surface area contributed by atoms with Crippen LogP contribution < -0.4 is 10.2 Å². The summed E-state index contributed by atoms with van der Waals surface area (Å²) in [5.74, 6) is 1.69. The Morgan fingerprint density at radius 3 is 2.57 bits per heavy atom. The second-order valence-corrected chi connectivity index (χ2v) is 7.93. The molecule has 1 N–H and O–H groups in total. The van der Waals surface area contributed by atoms with Gasteiger partial charge in [-0.15, -0.1) is 0 Å². The van der Waals surface area contributed by atoms with E-state index in [1.807, 2.05) is 12.1 Å². The number of benzene rings is 1. The zero-order valence-corrected chi connectivity index (χ0v) is 16.4. The predicted molar refractivity (Wildman–Crippen MR) is 112 cm³/mol. The number of aromatic nitrogens is 1. The third-order valence-corrected chi connectivity index (χ3v) is 6.10. The van der Waals surface area contributed by atoms with Crippen LogP contribution in [0.25, 0.3) is 0 Å². The first-order valence-corrected chi connectivity index (χ1v) is 10.4. The van der Waals surface area contributed by atoms with Crippen molar-refractivity contribution in [1.29, 1.82) is 5.26 Å². The van der Waals surface area contributed by atoms with Crippen LogP contribution in [-0.4, -0.2) is 55.2 Å². The number of hydrogen-bond acceptors (Lipinski definition) is 5. The standard InChI is InChI=1S/C23H29N5/c24-16-19-6-7-23(26-17-19)28-13-9-22(10-14-28)25-11-15-27-12-8-21(18-27)20-4-2-1-3-5-20/h1-7,17,21-22,25H,8-15,18H2/t21-/m1/s1. The first-order valence-electron chi connectivity index (χ1n) is 10.4. The highest BCUT2D eigenvalue weighted by Gasteiger charge is 2.24. The molecule has 2 aromatic rings. The molecule has 1 atom stereocenters. The summed E-state index contributed by atoms with van der Waals surface area (Å²) in [6.45, 7) is 6.66. The van der Waals surface area contributed by atoms with Crippen LogP contribution in [-0.2, 0) is 0 Å². The summed E-state index contributed by atoms with van der Waals surface area (Å²) in [4.78, 5) is 9.34. The number of hydrogen-bond donors (Lipinski definition) is 1. The molecule has 2 aliphatic rings. The lowest BCUT2D eigenvalue weighted by Crippen LogP contribution is -2.44. The number of likely N-dealkylation sites (tertiary alicyclic amines) is 1. The molecule has 5 heteroatoms. The number of nitriles is 1. The van der Waals surface area contributed by atoms with Crippen molar-refractivity contribution in [2.75, 3.05) is 44.2 Å². The molecular weight excluding hydrogens is 346 g/mol. The molecule has 0 saturated carbocycles. The Labute approximate surface area is 168 Å². The van der Waals surface area contributed by atoms with Crippen molar-refractivity contribution in [2.45, 2.75) is 31.2 Å². The minimum atomic E-state index is 0.599. The van der Waals surface area contributed by atoms with Crippen molar-refractivity contribution in [3.05, 3.63) is 59.8 Å². The molecule has 146 valence electrons. The lowest BCUT2D eigenvalue weighted by molar-refractivity contribution is 0.313. The topological polar surface area (TPSA) is 55.2 Å². The number of piperidine rings is 1. The smallest absolute Gasteiger partial charge is 0.128 e. The van der Waals surface area contributed by atoms with E-state index in [2.05, 4.69) is 56.5 Å². The molecule has 0 spiro atoms. The molecule has 0 amide bonds. The molecule has 3 heterocycles. The fourth-order valence-electron chi connectivity index (χ4n) is 4.41. The van der Waals surface area contributed by atoms with Crippen molar-refractivity contribution in [3.8, 4) is 6.07 Å². The summed E-state index contributed by atoms with van der Waals surface area (Å²) in [6, 6.07) is 17.5. The highest BCUT2D eigenvalue weighted by molar-refractivity contribution is 5.42. The van der Waals surface area contributed by atoms with Gasteiger partial charge in [-0.1, -0.05) is 30.3 Å². The second-order valence-electron chi connectivity index (χ2n) is 7.93. The fraction of sp³-hybridized carbons (Fsp3) is 0.478. The van der Waals surface area contributed by atoms with E-state index in [0.29, 0.717) is 17.5 Å². The van der Waals surface area contributed by atoms with Crippen molar-refractivity contribution in [2.24, 2.45) is 0 Å². The van der Waals surface area contributed by atoms with Gasteiger partial charge in [-0.2, -0.15) is 5.26 Å². The Bertz CT molecular complexity index is 775. The molecule has 0 unspecified atom stereocenters. The van der Waals surface area contributed by atoms with Gasteiger partial charge in [0.15, 0.2) is 0 Å². The Morgan fingerprint density at radius 1 is 1.04 bits per heavy atom. The van der Waals surface area contributed by atoms with Gasteiger partial charge in [0, 0.05) is 45.0 Å². The Balaban J connectivity index is 1.16. The predicted octanol–water partition coefficient (Wildman–Crippen LogP) is 3.00. The van der Waals surface area contributed by atoms with E-state index in [1.165, 1.54) is 25.1 Å². The van der Waals surface area contributed by atoms with Gasteiger partial charge in [-0.25, -0.2) is 4.98 Å². The van der Waals surface area contributed by atoms with Crippen LogP contribution in [0.2, 0.25) is 0 Å². The first kappa shape index (κ1) is 18.9. The van der Waals surface area contributed by atoms with Gasteiger partial charge in [-0.3, -0.25) is 0 Å². The van der Waals surface area contributed by atoms with Gasteiger partial charge >= 0.3 is 0 Å². The summed E-state index contributed by atoms with van der Waals surface area (Å²) in [5, 5.41) is 12.7. The SMILES string of the molecule is N#Cc1ccc(N2CCC(NCCN3CC[C@@H](c4ccccc4)C3)CC2)nc1. The minimum Gasteiger partial charge on any atom is -0.357 e. The van der Waals surface area contributed by atoms with Gasteiger partial charge < -0.3 is 15.1 Å². The normalized spacial score (nSPS) is 21.0. The van der Waals surface area contributed by atoms with Crippen LogP contribution >= 0.6 is 0 Å². The summed E-state index contributed by atoms with van der Waals surface area (Å²) < 4.78 is 0. The largest absolute Gasteiger partial charge is 0.357 e. The highest BCUT2D eigenvalue weighted by Crippen LogP contribution is 2.26. The molecule has 2 fully saturated rings.